The van der Waals surface area contributed by atoms with Crippen molar-refractivity contribution < 1.29 is 18.0 Å². The second-order valence-corrected chi connectivity index (χ2v) is 11.3. The van der Waals surface area contributed by atoms with Gasteiger partial charge >= 0.3 is 177 Å². The summed E-state index contributed by atoms with van der Waals surface area (Å²) in [5.41, 5.74) is 0.644. The molecule has 2 aromatic rings. The maximum atomic E-state index is 11.8. The zero-order chi connectivity index (χ0) is 22.0. The monoisotopic (exact) mass is 546 g/mol. The number of aromatic nitrogens is 1. The third-order valence-corrected chi connectivity index (χ3v) is 9.92. The van der Waals surface area contributed by atoms with Gasteiger partial charge < -0.3 is 0 Å². The van der Waals surface area contributed by atoms with Crippen LogP contribution in [0.4, 0.5) is 0 Å². The van der Waals surface area contributed by atoms with Gasteiger partial charge in [-0.2, -0.15) is 0 Å². The van der Waals surface area contributed by atoms with Crippen molar-refractivity contribution in [1.29, 1.82) is 0 Å². The van der Waals surface area contributed by atoms with E-state index in [0.29, 0.717) is 5.56 Å². The molecule has 0 amide bonds. The topological polar surface area (TPSA) is 50.6 Å². The number of carbonyl (C=O) groups is 1. The molecule has 2 aromatic heterocycles. The fourth-order valence-corrected chi connectivity index (χ4v) is 7.37. The van der Waals surface area contributed by atoms with Gasteiger partial charge in [-0.15, -0.1) is 0 Å². The number of hydrogen-bond acceptors (Lipinski definition) is 3. The number of rotatable bonds is 14. The second-order valence-electron chi connectivity index (χ2n) is 8.41. The molecule has 4 nitrogen and oxygen atoms in total. The molecule has 2 heterocycles. The summed E-state index contributed by atoms with van der Waals surface area (Å²) in [4.78, 5) is 11.8. The van der Waals surface area contributed by atoms with Gasteiger partial charge in [0.15, 0.2) is 0 Å². The van der Waals surface area contributed by atoms with E-state index in [4.69, 9.17) is 4.74 Å². The Labute approximate surface area is 196 Å². The number of esters is 1. The van der Waals surface area contributed by atoms with Crippen LogP contribution in [0.15, 0.2) is 22.8 Å². The zero-order valence-electron chi connectivity index (χ0n) is 18.7. The summed E-state index contributed by atoms with van der Waals surface area (Å²) < 4.78 is 8.91. The summed E-state index contributed by atoms with van der Waals surface area (Å²) in [6, 6.07) is 3.61. The molecule has 2 rings (SSSR count). The first kappa shape index (κ1) is 25.6. The number of nitrogens with zero attached hydrogens (tertiary/aromatic N) is 1. The number of aliphatic hydroxyl groups is 1. The Bertz CT molecular complexity index is 803. The van der Waals surface area contributed by atoms with Gasteiger partial charge in [-0.25, -0.2) is 0 Å². The minimum absolute atomic E-state index is 0.00983. The number of halogens is 1. The third-order valence-electron chi connectivity index (χ3n) is 5.71. The molecule has 1 atom stereocenters. The summed E-state index contributed by atoms with van der Waals surface area (Å²) in [5.74, 6) is -0.340. The van der Waals surface area contributed by atoms with E-state index in [2.05, 4.69) is 26.2 Å². The third kappa shape index (κ3) is 7.47. The molecular formula is C24H37BrNO3Se+. The molecular weight excluding hydrogens is 509 g/mol. The molecule has 0 radical (unpaired) electrons. The summed E-state index contributed by atoms with van der Waals surface area (Å²) in [6.07, 6.45) is 17.0. The zero-order valence-corrected chi connectivity index (χ0v) is 22.0. The summed E-state index contributed by atoms with van der Waals surface area (Å²) in [7, 11) is 1.39. The van der Waals surface area contributed by atoms with Gasteiger partial charge in [0.1, 0.15) is 0 Å². The van der Waals surface area contributed by atoms with Gasteiger partial charge in [0.2, 0.25) is 0 Å². The Hall–Kier alpha value is -0.681. The quantitative estimate of drug-likeness (QED) is 0.181. The second kappa shape index (κ2) is 13.0. The number of fused-ring (bicyclic) bond motifs is 1. The fraction of sp³-hybridized carbons (Fsp3) is 0.667. The van der Waals surface area contributed by atoms with Gasteiger partial charge in [0.05, 0.1) is 0 Å². The molecule has 0 fully saturated rings. The Morgan fingerprint density at radius 1 is 1.10 bits per heavy atom. The van der Waals surface area contributed by atoms with E-state index < -0.39 is 5.60 Å². The Balaban J connectivity index is 1.79. The molecule has 1 unspecified atom stereocenters. The van der Waals surface area contributed by atoms with E-state index in [1.807, 2.05) is 19.2 Å². The standard InChI is InChI=1S/C24H37BrNO3Se/c1-4-5-6-7-8-9-10-11-12-13-14-16-24(2,28)22-21(25)20-18-19(23(27)29-3)15-17-26(20)30-22/h15,17-18,28H,4-14,16H2,1-3H3/q+1. The van der Waals surface area contributed by atoms with Crippen LogP contribution in [-0.2, 0) is 10.3 Å². The van der Waals surface area contributed by atoms with Crippen molar-refractivity contribution in [3.05, 3.63) is 32.8 Å². The molecule has 168 valence electrons. The number of ether oxygens (including phenoxy) is 1. The van der Waals surface area contributed by atoms with Crippen LogP contribution >= 0.6 is 15.9 Å². The van der Waals surface area contributed by atoms with Crippen molar-refractivity contribution >= 4 is 42.1 Å². The van der Waals surface area contributed by atoms with Gasteiger partial charge in [0.25, 0.3) is 0 Å². The first-order chi connectivity index (χ1) is 14.4. The van der Waals surface area contributed by atoms with Crippen LogP contribution in [0.2, 0.25) is 0 Å². The first-order valence-corrected chi connectivity index (χ1v) is 13.8. The van der Waals surface area contributed by atoms with Gasteiger partial charge in [-0.1, -0.05) is 19.8 Å². The first-order valence-electron chi connectivity index (χ1n) is 11.4. The van der Waals surface area contributed by atoms with Crippen molar-refractivity contribution in [3.8, 4) is 0 Å². The molecule has 0 saturated heterocycles. The number of hydrogen-bond donors (Lipinski definition) is 1. The van der Waals surface area contributed by atoms with Crippen LogP contribution in [0.25, 0.3) is 5.52 Å². The Morgan fingerprint density at radius 3 is 2.23 bits per heavy atom. The van der Waals surface area contributed by atoms with Crippen molar-refractivity contribution in [3.63, 3.8) is 0 Å². The SMILES string of the molecule is CCCCCCCCCCCCCC(C)(O)c1[se][n+]2ccc(C(=O)OC)cc2c1Br. The Kier molecular flexibility index (Phi) is 11.1. The molecule has 0 saturated carbocycles. The molecule has 1 N–H and O–H groups in total. The number of methoxy groups -OCH3 is 1. The van der Waals surface area contributed by atoms with E-state index in [1.165, 1.54) is 71.3 Å². The van der Waals surface area contributed by atoms with Crippen LogP contribution in [0, 0.1) is 0 Å². The van der Waals surface area contributed by atoms with E-state index in [1.54, 1.807) is 6.07 Å². The molecule has 6 heteroatoms. The predicted molar refractivity (Wildman–Crippen MR) is 126 cm³/mol. The molecule has 0 bridgehead atoms. The fourth-order valence-electron chi connectivity index (χ4n) is 3.81. The molecule has 0 aliphatic rings. The number of carbonyl (C=O) groups excluding carboxylic acids is 1. The van der Waals surface area contributed by atoms with Crippen molar-refractivity contribution in [1.82, 2.24) is 0 Å². The molecule has 0 aromatic carbocycles. The maximum absolute atomic E-state index is 11.8. The van der Waals surface area contributed by atoms with Crippen LogP contribution in [0.5, 0.6) is 0 Å². The number of pyridine rings is 1. The molecule has 0 spiro atoms. The van der Waals surface area contributed by atoms with E-state index in [-0.39, 0.29) is 20.7 Å². The Morgan fingerprint density at radius 2 is 1.67 bits per heavy atom. The van der Waals surface area contributed by atoms with Crippen molar-refractivity contribution in [2.24, 2.45) is 0 Å². The molecule has 0 aliphatic carbocycles. The summed E-state index contributed by atoms with van der Waals surface area (Å²) >= 11 is 3.67. The molecule has 0 aliphatic heterocycles. The van der Waals surface area contributed by atoms with Crippen LogP contribution < -0.4 is 3.40 Å². The van der Waals surface area contributed by atoms with Crippen molar-refractivity contribution in [2.75, 3.05) is 7.11 Å². The average molecular weight is 546 g/mol. The van der Waals surface area contributed by atoms with Crippen LogP contribution in [0.1, 0.15) is 106 Å². The summed E-state index contributed by atoms with van der Waals surface area (Å²) in [6.45, 7) is 4.19. The van der Waals surface area contributed by atoms with E-state index >= 15 is 0 Å². The van der Waals surface area contributed by atoms with Crippen molar-refractivity contribution in [2.45, 2.75) is 96.5 Å². The minimum atomic E-state index is -0.824. The van der Waals surface area contributed by atoms with Gasteiger partial charge in [0, 0.05) is 0 Å². The van der Waals surface area contributed by atoms with Gasteiger partial charge in [-0.05, 0) is 0 Å². The van der Waals surface area contributed by atoms with Crippen LogP contribution in [0.3, 0.4) is 0 Å². The summed E-state index contributed by atoms with van der Waals surface area (Å²) in [5, 5.41) is 11.1. The molecule has 30 heavy (non-hydrogen) atoms. The average Bonchev–Trinajstić information content (AvgIpc) is 3.08. The number of unbranched alkanes of at least 4 members (excludes halogenated alkanes) is 10. The van der Waals surface area contributed by atoms with E-state index in [9.17, 15) is 9.90 Å². The normalized spacial score (nSPS) is 13.5. The van der Waals surface area contributed by atoms with E-state index in [0.717, 1.165) is 27.3 Å². The van der Waals surface area contributed by atoms with Gasteiger partial charge in [-0.3, -0.25) is 0 Å². The predicted octanol–water partition coefficient (Wildman–Crippen LogP) is 5.94. The van der Waals surface area contributed by atoms with Crippen LogP contribution in [-0.4, -0.2) is 32.9 Å².